The molecule has 9 heteroatoms. The number of amides is 1. The Balaban J connectivity index is 2.49. The molecule has 1 amide bonds. The lowest BCUT2D eigenvalue weighted by atomic mass is 9.98. The van der Waals surface area contributed by atoms with Crippen LogP contribution in [0, 0.1) is 0 Å². The number of aliphatic carboxylic acids is 1. The van der Waals surface area contributed by atoms with Crippen molar-refractivity contribution in [3.63, 3.8) is 0 Å². The predicted octanol–water partition coefficient (Wildman–Crippen LogP) is -3.61. The molecule has 110 valence electrons. The van der Waals surface area contributed by atoms with Crippen LogP contribution in [0.25, 0.3) is 0 Å². The number of carbonyl (C=O) groups is 2. The van der Waals surface area contributed by atoms with Gasteiger partial charge in [-0.1, -0.05) is 0 Å². The fourth-order valence-corrected chi connectivity index (χ4v) is 1.72. The van der Waals surface area contributed by atoms with Crippen molar-refractivity contribution >= 4 is 11.9 Å². The van der Waals surface area contributed by atoms with Gasteiger partial charge in [0.25, 0.3) is 0 Å². The summed E-state index contributed by atoms with van der Waals surface area (Å²) in [6.45, 7) is -0.555. The molecule has 1 heterocycles. The highest BCUT2D eigenvalue weighted by Crippen LogP contribution is 2.15. The fourth-order valence-electron chi connectivity index (χ4n) is 1.72. The molecular formula is C10H18N2O7. The molecule has 0 unspecified atom stereocenters. The van der Waals surface area contributed by atoms with Gasteiger partial charge in [0.15, 0.2) is 0 Å². The summed E-state index contributed by atoms with van der Waals surface area (Å²) in [5.41, 5.74) is 5.19. The van der Waals surface area contributed by atoms with E-state index in [0.29, 0.717) is 0 Å². The normalized spacial score (nSPS) is 32.6. The first kappa shape index (κ1) is 15.8. The molecule has 7 N–H and O–H groups in total. The number of nitrogens with two attached hydrogens (primary N) is 1. The van der Waals surface area contributed by atoms with E-state index in [1.54, 1.807) is 0 Å². The van der Waals surface area contributed by atoms with Crippen LogP contribution in [-0.4, -0.2) is 75.9 Å². The third-order valence-corrected chi connectivity index (χ3v) is 2.88. The number of ether oxygens (including phenoxy) is 1. The molecule has 0 radical (unpaired) electrons. The molecule has 0 aliphatic carbocycles. The van der Waals surface area contributed by atoms with Crippen molar-refractivity contribution in [2.24, 2.45) is 5.73 Å². The Morgan fingerprint density at radius 2 is 2.00 bits per heavy atom. The van der Waals surface area contributed by atoms with Gasteiger partial charge in [-0.15, -0.1) is 0 Å². The molecule has 5 atom stereocenters. The number of aliphatic hydroxyl groups excluding tert-OH is 3. The second-order valence-electron chi connectivity index (χ2n) is 4.36. The predicted molar refractivity (Wildman–Crippen MR) is 61.0 cm³/mol. The van der Waals surface area contributed by atoms with Gasteiger partial charge in [-0.2, -0.15) is 0 Å². The third kappa shape index (κ3) is 4.11. The minimum atomic E-state index is -1.34. The van der Waals surface area contributed by atoms with Crippen molar-refractivity contribution in [2.45, 2.75) is 36.8 Å². The lowest BCUT2D eigenvalue weighted by Crippen LogP contribution is -2.60. The summed E-state index contributed by atoms with van der Waals surface area (Å²) in [6, 6.07) is -2.22. The summed E-state index contributed by atoms with van der Waals surface area (Å²) in [5, 5.41) is 39.1. The topological polar surface area (TPSA) is 162 Å². The summed E-state index contributed by atoms with van der Waals surface area (Å²) < 4.78 is 5.05. The summed E-state index contributed by atoms with van der Waals surface area (Å²) >= 11 is 0. The average molecular weight is 278 g/mol. The summed E-state index contributed by atoms with van der Waals surface area (Å²) in [4.78, 5) is 22.0. The first-order valence-corrected chi connectivity index (χ1v) is 5.73. The maximum absolute atomic E-state index is 11.5. The molecular weight excluding hydrogens is 260 g/mol. The number of carbonyl (C=O) groups excluding carboxylic acids is 1. The van der Waals surface area contributed by atoms with Gasteiger partial charge >= 0.3 is 5.97 Å². The van der Waals surface area contributed by atoms with E-state index in [1.165, 1.54) is 0 Å². The first-order chi connectivity index (χ1) is 8.86. The van der Waals surface area contributed by atoms with E-state index in [-0.39, 0.29) is 6.61 Å². The second-order valence-corrected chi connectivity index (χ2v) is 4.36. The molecule has 0 aromatic carbocycles. The van der Waals surface area contributed by atoms with Gasteiger partial charge in [-0.3, -0.25) is 9.59 Å². The molecule has 1 aliphatic heterocycles. The van der Waals surface area contributed by atoms with Crippen molar-refractivity contribution in [2.75, 3.05) is 13.2 Å². The van der Waals surface area contributed by atoms with Crippen molar-refractivity contribution < 1.29 is 34.8 Å². The van der Waals surface area contributed by atoms with E-state index >= 15 is 0 Å². The van der Waals surface area contributed by atoms with E-state index in [1.807, 2.05) is 0 Å². The maximum atomic E-state index is 11.5. The molecule has 0 spiro atoms. The van der Waals surface area contributed by atoms with Crippen molar-refractivity contribution in [1.82, 2.24) is 5.32 Å². The molecule has 1 saturated heterocycles. The molecule has 9 nitrogen and oxygen atoms in total. The zero-order valence-electron chi connectivity index (χ0n) is 10.1. The van der Waals surface area contributed by atoms with Gasteiger partial charge in [0.1, 0.15) is 24.4 Å². The SMILES string of the molecule is N[C@@H](CC(=O)N[C@H]1CO[C@H](CO)[C@@H](O)[C@@H]1O)C(=O)O. The maximum Gasteiger partial charge on any atom is 0.321 e. The van der Waals surface area contributed by atoms with E-state index in [4.69, 9.17) is 20.7 Å². The molecule has 0 bridgehead atoms. The molecule has 0 aromatic rings. The van der Waals surface area contributed by atoms with Crippen LogP contribution >= 0.6 is 0 Å². The Morgan fingerprint density at radius 1 is 1.37 bits per heavy atom. The Bertz CT molecular complexity index is 338. The van der Waals surface area contributed by atoms with E-state index in [2.05, 4.69) is 5.32 Å². The van der Waals surface area contributed by atoms with Gasteiger partial charge in [0.2, 0.25) is 5.91 Å². The highest BCUT2D eigenvalue weighted by atomic mass is 16.5. The lowest BCUT2D eigenvalue weighted by molar-refractivity contribution is -0.165. The molecule has 1 rings (SSSR count). The van der Waals surface area contributed by atoms with E-state index in [9.17, 15) is 19.8 Å². The highest BCUT2D eigenvalue weighted by Gasteiger charge is 2.38. The van der Waals surface area contributed by atoms with Crippen LogP contribution in [0.5, 0.6) is 0 Å². The molecule has 1 aliphatic rings. The zero-order chi connectivity index (χ0) is 14.6. The molecule has 1 fully saturated rings. The Morgan fingerprint density at radius 3 is 2.53 bits per heavy atom. The smallest absolute Gasteiger partial charge is 0.321 e. The highest BCUT2D eigenvalue weighted by molar-refractivity contribution is 5.84. The average Bonchev–Trinajstić information content (AvgIpc) is 2.35. The second kappa shape index (κ2) is 6.78. The lowest BCUT2D eigenvalue weighted by Gasteiger charge is -2.37. The standard InChI is InChI=1S/C10H18N2O7/c11-4(10(17)18)1-7(14)12-5-3-19-6(2-13)9(16)8(5)15/h4-6,8-9,13,15-16H,1-3,11H2,(H,12,14)(H,17,18)/t4-,5-,6+,8+,9+/m0/s1. The van der Waals surface area contributed by atoms with Crippen LogP contribution in [-0.2, 0) is 14.3 Å². The number of carboxylic acid groups (broad SMARTS) is 1. The van der Waals surface area contributed by atoms with Crippen LogP contribution in [0.1, 0.15) is 6.42 Å². The third-order valence-electron chi connectivity index (χ3n) is 2.88. The molecule has 0 aromatic heterocycles. The van der Waals surface area contributed by atoms with Crippen LogP contribution in [0.3, 0.4) is 0 Å². The number of hydrogen-bond acceptors (Lipinski definition) is 7. The van der Waals surface area contributed by atoms with Gasteiger partial charge in [0, 0.05) is 0 Å². The van der Waals surface area contributed by atoms with Crippen molar-refractivity contribution in [1.29, 1.82) is 0 Å². The van der Waals surface area contributed by atoms with E-state index in [0.717, 1.165) is 0 Å². The van der Waals surface area contributed by atoms with Gasteiger partial charge < -0.3 is 36.2 Å². The van der Waals surface area contributed by atoms with Crippen molar-refractivity contribution in [3.05, 3.63) is 0 Å². The Kier molecular flexibility index (Phi) is 5.63. The largest absolute Gasteiger partial charge is 0.480 e. The van der Waals surface area contributed by atoms with E-state index < -0.39 is 55.3 Å². The van der Waals surface area contributed by atoms with Crippen LogP contribution in [0.4, 0.5) is 0 Å². The van der Waals surface area contributed by atoms with Crippen molar-refractivity contribution in [3.8, 4) is 0 Å². The minimum Gasteiger partial charge on any atom is -0.480 e. The number of hydrogen-bond donors (Lipinski definition) is 6. The number of rotatable bonds is 5. The number of nitrogens with one attached hydrogen (secondary N) is 1. The van der Waals surface area contributed by atoms with Gasteiger partial charge in [-0.25, -0.2) is 0 Å². The summed E-state index contributed by atoms with van der Waals surface area (Å²) in [5.74, 6) is -1.98. The van der Waals surface area contributed by atoms with Crippen LogP contribution in [0.2, 0.25) is 0 Å². The zero-order valence-corrected chi connectivity index (χ0v) is 10.1. The summed E-state index contributed by atoms with van der Waals surface area (Å²) in [7, 11) is 0. The Labute approximate surface area is 109 Å². The van der Waals surface area contributed by atoms with Gasteiger partial charge in [0.05, 0.1) is 25.7 Å². The van der Waals surface area contributed by atoms with Crippen LogP contribution in [0.15, 0.2) is 0 Å². The minimum absolute atomic E-state index is 0.0997. The number of aliphatic hydroxyl groups is 3. The first-order valence-electron chi connectivity index (χ1n) is 5.73. The number of carboxylic acids is 1. The summed E-state index contributed by atoms with van der Waals surface area (Å²) in [6.07, 6.45) is -4.00. The van der Waals surface area contributed by atoms with Gasteiger partial charge in [-0.05, 0) is 0 Å². The molecule has 0 saturated carbocycles. The molecule has 19 heavy (non-hydrogen) atoms. The Hall–Kier alpha value is -1.26. The fraction of sp³-hybridized carbons (Fsp3) is 0.800. The van der Waals surface area contributed by atoms with Crippen LogP contribution < -0.4 is 11.1 Å². The monoisotopic (exact) mass is 278 g/mol. The quantitative estimate of drug-likeness (QED) is 0.300.